The van der Waals surface area contributed by atoms with Gasteiger partial charge in [-0.25, -0.2) is 4.39 Å². The molecule has 1 aliphatic rings. The molecule has 2 atom stereocenters. The molecule has 94 valence electrons. The molecule has 1 aromatic rings. The lowest BCUT2D eigenvalue weighted by atomic mass is 9.98. The van der Waals surface area contributed by atoms with Crippen LogP contribution >= 0.6 is 11.6 Å². The Bertz CT molecular complexity index is 399. The predicted molar refractivity (Wildman–Crippen MR) is 67.6 cm³/mol. The Kier molecular flexibility index (Phi) is 3.99. The number of rotatable bonds is 2. The molecule has 1 heterocycles. The van der Waals surface area contributed by atoms with Crippen molar-refractivity contribution in [2.75, 3.05) is 26.7 Å². The second kappa shape index (κ2) is 5.31. The highest BCUT2D eigenvalue weighted by atomic mass is 35.5. The van der Waals surface area contributed by atoms with Crippen LogP contribution in [0, 0.1) is 5.82 Å². The summed E-state index contributed by atoms with van der Waals surface area (Å²) in [5, 5.41) is 3.51. The minimum absolute atomic E-state index is 0.127. The summed E-state index contributed by atoms with van der Waals surface area (Å²) in [7, 11) is 2.07. The number of piperazine rings is 1. The van der Waals surface area contributed by atoms with Crippen LogP contribution in [0.15, 0.2) is 18.2 Å². The first kappa shape index (κ1) is 12.8. The van der Waals surface area contributed by atoms with E-state index < -0.39 is 5.82 Å². The molecule has 0 aliphatic carbocycles. The lowest BCUT2D eigenvalue weighted by Gasteiger charge is -2.34. The molecule has 1 aromatic carbocycles. The predicted octanol–water partition coefficient (Wildman–Crippen LogP) is 1.38. The van der Waals surface area contributed by atoms with Crippen molar-refractivity contribution in [1.29, 1.82) is 0 Å². The summed E-state index contributed by atoms with van der Waals surface area (Å²) in [5.41, 5.74) is 7.05. The fourth-order valence-electron chi connectivity index (χ4n) is 2.12. The highest BCUT2D eigenvalue weighted by Gasteiger charge is 2.24. The van der Waals surface area contributed by atoms with E-state index in [2.05, 4.69) is 17.3 Å². The van der Waals surface area contributed by atoms with Gasteiger partial charge in [0.1, 0.15) is 5.82 Å². The molecule has 3 N–H and O–H groups in total. The molecule has 1 fully saturated rings. The van der Waals surface area contributed by atoms with Crippen LogP contribution in [-0.4, -0.2) is 37.6 Å². The van der Waals surface area contributed by atoms with Gasteiger partial charge < -0.3 is 16.0 Å². The zero-order valence-electron chi connectivity index (χ0n) is 9.79. The molecule has 2 unspecified atom stereocenters. The lowest BCUT2D eigenvalue weighted by Crippen LogP contribution is -2.53. The summed E-state index contributed by atoms with van der Waals surface area (Å²) in [6, 6.07) is 4.68. The second-order valence-corrected chi connectivity index (χ2v) is 4.93. The zero-order chi connectivity index (χ0) is 12.4. The summed E-state index contributed by atoms with van der Waals surface area (Å²) in [4.78, 5) is 2.23. The van der Waals surface area contributed by atoms with E-state index in [9.17, 15) is 4.39 Å². The van der Waals surface area contributed by atoms with Crippen molar-refractivity contribution in [1.82, 2.24) is 10.2 Å². The third kappa shape index (κ3) is 2.96. The van der Waals surface area contributed by atoms with Gasteiger partial charge in [0.05, 0.1) is 5.02 Å². The molecule has 0 spiro atoms. The number of nitrogens with one attached hydrogen (secondary N) is 1. The minimum atomic E-state index is -0.406. The standard InChI is InChI=1S/C12H17ClFN3/c1-17-5-4-16-11(7-17)12(15)8-2-3-10(14)9(13)6-8/h2-3,6,11-12,16H,4-5,7,15H2,1H3. The molecule has 0 saturated carbocycles. The number of likely N-dealkylation sites (N-methyl/N-ethyl adjacent to an activating group) is 1. The lowest BCUT2D eigenvalue weighted by molar-refractivity contribution is 0.220. The van der Waals surface area contributed by atoms with Crippen LogP contribution in [0.5, 0.6) is 0 Å². The van der Waals surface area contributed by atoms with Crippen molar-refractivity contribution >= 4 is 11.6 Å². The Morgan fingerprint density at radius 2 is 2.35 bits per heavy atom. The number of hydrogen-bond donors (Lipinski definition) is 2. The molecule has 0 bridgehead atoms. The SMILES string of the molecule is CN1CCNC(C(N)c2ccc(F)c(Cl)c2)C1. The van der Waals surface area contributed by atoms with Gasteiger partial charge in [-0.05, 0) is 24.7 Å². The molecule has 1 saturated heterocycles. The van der Waals surface area contributed by atoms with Crippen molar-refractivity contribution in [3.8, 4) is 0 Å². The number of halogens is 2. The van der Waals surface area contributed by atoms with Gasteiger partial charge in [-0.15, -0.1) is 0 Å². The molecule has 5 heteroatoms. The average Bonchev–Trinajstić information content (AvgIpc) is 2.32. The van der Waals surface area contributed by atoms with Gasteiger partial charge in [0.25, 0.3) is 0 Å². The molecular formula is C12H17ClFN3. The highest BCUT2D eigenvalue weighted by molar-refractivity contribution is 6.30. The maximum Gasteiger partial charge on any atom is 0.141 e. The van der Waals surface area contributed by atoms with Crippen molar-refractivity contribution in [3.05, 3.63) is 34.6 Å². The summed E-state index contributed by atoms with van der Waals surface area (Å²) in [5.74, 6) is -0.406. The Hall–Kier alpha value is -0.680. The van der Waals surface area contributed by atoms with Crippen LogP contribution in [0.25, 0.3) is 0 Å². The molecule has 17 heavy (non-hydrogen) atoms. The van der Waals surface area contributed by atoms with Crippen LogP contribution in [0.4, 0.5) is 4.39 Å². The Morgan fingerprint density at radius 3 is 3.00 bits per heavy atom. The summed E-state index contributed by atoms with van der Waals surface area (Å²) in [6.45, 7) is 2.83. The quantitative estimate of drug-likeness (QED) is 0.841. The van der Waals surface area contributed by atoms with E-state index in [0.717, 1.165) is 25.2 Å². The maximum absolute atomic E-state index is 13.1. The van der Waals surface area contributed by atoms with Gasteiger partial charge in [-0.2, -0.15) is 0 Å². The highest BCUT2D eigenvalue weighted by Crippen LogP contribution is 2.22. The zero-order valence-corrected chi connectivity index (χ0v) is 10.5. The monoisotopic (exact) mass is 257 g/mol. The summed E-state index contributed by atoms with van der Waals surface area (Å²) in [6.07, 6.45) is 0. The van der Waals surface area contributed by atoms with Crippen molar-refractivity contribution in [2.24, 2.45) is 5.73 Å². The number of benzene rings is 1. The fraction of sp³-hybridized carbons (Fsp3) is 0.500. The molecule has 1 aliphatic heterocycles. The molecular weight excluding hydrogens is 241 g/mol. The minimum Gasteiger partial charge on any atom is -0.323 e. The van der Waals surface area contributed by atoms with E-state index in [0.29, 0.717) is 0 Å². The first-order chi connectivity index (χ1) is 8.08. The third-order valence-corrected chi connectivity index (χ3v) is 3.46. The molecule has 0 aromatic heterocycles. The van der Waals surface area contributed by atoms with E-state index in [1.54, 1.807) is 12.1 Å². The fourth-order valence-corrected chi connectivity index (χ4v) is 2.31. The van der Waals surface area contributed by atoms with E-state index in [1.807, 2.05) is 0 Å². The number of nitrogens with two attached hydrogens (primary N) is 1. The normalized spacial score (nSPS) is 23.6. The van der Waals surface area contributed by atoms with Crippen LogP contribution in [-0.2, 0) is 0 Å². The van der Waals surface area contributed by atoms with Crippen molar-refractivity contribution < 1.29 is 4.39 Å². The van der Waals surface area contributed by atoms with E-state index in [1.165, 1.54) is 6.07 Å². The third-order valence-electron chi connectivity index (χ3n) is 3.17. The van der Waals surface area contributed by atoms with Crippen molar-refractivity contribution in [3.63, 3.8) is 0 Å². The molecule has 0 amide bonds. The Morgan fingerprint density at radius 1 is 1.59 bits per heavy atom. The summed E-state index contributed by atoms with van der Waals surface area (Å²) < 4.78 is 13.1. The maximum atomic E-state index is 13.1. The van der Waals surface area contributed by atoms with Gasteiger partial charge in [0.2, 0.25) is 0 Å². The van der Waals surface area contributed by atoms with Gasteiger partial charge in [-0.3, -0.25) is 0 Å². The topological polar surface area (TPSA) is 41.3 Å². The largest absolute Gasteiger partial charge is 0.323 e. The van der Waals surface area contributed by atoms with Crippen LogP contribution < -0.4 is 11.1 Å². The van der Waals surface area contributed by atoms with Gasteiger partial charge >= 0.3 is 0 Å². The van der Waals surface area contributed by atoms with Crippen LogP contribution in [0.3, 0.4) is 0 Å². The molecule has 0 radical (unpaired) electrons. The Labute approximate surface area is 106 Å². The average molecular weight is 258 g/mol. The number of hydrogen-bond acceptors (Lipinski definition) is 3. The van der Waals surface area contributed by atoms with E-state index >= 15 is 0 Å². The molecule has 3 nitrogen and oxygen atoms in total. The van der Waals surface area contributed by atoms with Gasteiger partial charge in [-0.1, -0.05) is 17.7 Å². The van der Waals surface area contributed by atoms with Gasteiger partial charge in [0, 0.05) is 31.7 Å². The summed E-state index contributed by atoms with van der Waals surface area (Å²) >= 11 is 5.76. The van der Waals surface area contributed by atoms with Gasteiger partial charge in [0.15, 0.2) is 0 Å². The number of nitrogens with zero attached hydrogens (tertiary/aromatic N) is 1. The smallest absolute Gasteiger partial charge is 0.141 e. The van der Waals surface area contributed by atoms with Crippen LogP contribution in [0.1, 0.15) is 11.6 Å². The van der Waals surface area contributed by atoms with E-state index in [-0.39, 0.29) is 17.1 Å². The first-order valence-electron chi connectivity index (χ1n) is 5.70. The van der Waals surface area contributed by atoms with E-state index in [4.69, 9.17) is 17.3 Å². The van der Waals surface area contributed by atoms with Crippen LogP contribution in [0.2, 0.25) is 5.02 Å². The van der Waals surface area contributed by atoms with Crippen molar-refractivity contribution in [2.45, 2.75) is 12.1 Å². The first-order valence-corrected chi connectivity index (χ1v) is 6.08. The Balaban J connectivity index is 2.12. The second-order valence-electron chi connectivity index (χ2n) is 4.52. The molecule has 2 rings (SSSR count).